The van der Waals surface area contributed by atoms with Gasteiger partial charge in [0.25, 0.3) is 0 Å². The lowest BCUT2D eigenvalue weighted by atomic mass is 9.94. The van der Waals surface area contributed by atoms with E-state index in [4.69, 9.17) is 0 Å². The Morgan fingerprint density at radius 2 is 2.06 bits per heavy atom. The highest BCUT2D eigenvalue weighted by Crippen LogP contribution is 2.25. The number of ketones is 2. The van der Waals surface area contributed by atoms with Crippen LogP contribution >= 0.6 is 23.5 Å². The van der Waals surface area contributed by atoms with Crippen LogP contribution in [0.25, 0.3) is 0 Å². The normalized spacial score (nSPS) is 28.8. The van der Waals surface area contributed by atoms with E-state index in [0.717, 1.165) is 29.4 Å². The van der Waals surface area contributed by atoms with E-state index in [1.165, 1.54) is 0 Å². The molecule has 16 heavy (non-hydrogen) atoms. The average Bonchev–Trinajstić information content (AvgIpc) is 2.26. The summed E-state index contributed by atoms with van der Waals surface area (Å²) in [7, 11) is 0. The molecule has 2 atom stereocenters. The second kappa shape index (κ2) is 7.38. The molecule has 92 valence electrons. The summed E-state index contributed by atoms with van der Waals surface area (Å²) in [5.74, 6) is 2.72. The van der Waals surface area contributed by atoms with Gasteiger partial charge in [-0.1, -0.05) is 6.92 Å². The van der Waals surface area contributed by atoms with Crippen LogP contribution in [-0.4, -0.2) is 28.2 Å². The largest absolute Gasteiger partial charge is 0.300 e. The quantitative estimate of drug-likeness (QED) is 0.764. The number of carbonyl (C=O) groups is 2. The summed E-state index contributed by atoms with van der Waals surface area (Å²) in [5, 5.41) is 1.01. The third-order valence-corrected chi connectivity index (χ3v) is 5.68. The summed E-state index contributed by atoms with van der Waals surface area (Å²) < 4.78 is 0. The van der Waals surface area contributed by atoms with Gasteiger partial charge in [0.1, 0.15) is 11.6 Å². The fourth-order valence-electron chi connectivity index (χ4n) is 1.80. The monoisotopic (exact) mass is 260 g/mol. The van der Waals surface area contributed by atoms with Gasteiger partial charge in [-0.15, -0.1) is 0 Å². The average molecular weight is 260 g/mol. The van der Waals surface area contributed by atoms with Crippen molar-refractivity contribution < 1.29 is 9.59 Å². The van der Waals surface area contributed by atoms with Crippen LogP contribution in [-0.2, 0) is 9.59 Å². The van der Waals surface area contributed by atoms with Gasteiger partial charge >= 0.3 is 0 Å². The lowest BCUT2D eigenvalue weighted by molar-refractivity contribution is -0.123. The minimum Gasteiger partial charge on any atom is -0.300 e. The Morgan fingerprint density at radius 3 is 2.69 bits per heavy atom. The molecule has 0 bridgehead atoms. The highest BCUT2D eigenvalue weighted by atomic mass is 32.2. The van der Waals surface area contributed by atoms with Gasteiger partial charge in [0.15, 0.2) is 0 Å². The summed E-state index contributed by atoms with van der Waals surface area (Å²) in [4.78, 5) is 23.3. The van der Waals surface area contributed by atoms with Crippen molar-refractivity contribution in [2.75, 3.05) is 16.6 Å². The topological polar surface area (TPSA) is 34.1 Å². The zero-order chi connectivity index (χ0) is 12.0. The van der Waals surface area contributed by atoms with Crippen LogP contribution in [0.4, 0.5) is 0 Å². The van der Waals surface area contributed by atoms with E-state index in [2.05, 4.69) is 6.92 Å². The zero-order valence-electron chi connectivity index (χ0n) is 10.0. The molecule has 2 unspecified atom stereocenters. The lowest BCUT2D eigenvalue weighted by Crippen LogP contribution is -2.21. The summed E-state index contributed by atoms with van der Waals surface area (Å²) in [6.07, 6.45) is 2.27. The molecule has 1 aliphatic rings. The van der Waals surface area contributed by atoms with Gasteiger partial charge in [-0.3, -0.25) is 9.59 Å². The number of carbonyl (C=O) groups excluding carboxylic acids is 2. The summed E-state index contributed by atoms with van der Waals surface area (Å²) in [5.41, 5.74) is 0. The van der Waals surface area contributed by atoms with Gasteiger partial charge in [-0.25, -0.2) is 0 Å². The smallest absolute Gasteiger partial charge is 0.136 e. The number of rotatable bonds is 2. The van der Waals surface area contributed by atoms with Crippen molar-refractivity contribution in [2.24, 2.45) is 11.8 Å². The lowest BCUT2D eigenvalue weighted by Gasteiger charge is -2.19. The maximum absolute atomic E-state index is 11.9. The van der Waals surface area contributed by atoms with Gasteiger partial charge < -0.3 is 0 Å². The molecule has 0 aliphatic carbocycles. The Kier molecular flexibility index (Phi) is 6.51. The molecule has 1 heterocycles. The van der Waals surface area contributed by atoms with Gasteiger partial charge in [-0.05, 0) is 19.8 Å². The second-order valence-corrected chi connectivity index (χ2v) is 6.70. The third kappa shape index (κ3) is 4.50. The predicted molar refractivity (Wildman–Crippen MR) is 72.0 cm³/mol. The van der Waals surface area contributed by atoms with Crippen molar-refractivity contribution in [1.29, 1.82) is 0 Å². The molecular formula is C12H20O2S2. The Balaban J connectivity index is 2.56. The molecule has 1 fully saturated rings. The van der Waals surface area contributed by atoms with Crippen molar-refractivity contribution in [1.82, 2.24) is 0 Å². The molecule has 1 saturated heterocycles. The first-order valence-corrected chi connectivity index (χ1v) is 8.14. The van der Waals surface area contributed by atoms with Crippen LogP contribution in [0.2, 0.25) is 0 Å². The Labute approximate surface area is 106 Å². The molecule has 0 aromatic rings. The molecule has 0 N–H and O–H groups in total. The molecule has 0 radical (unpaired) electrons. The molecule has 0 amide bonds. The fraction of sp³-hybridized carbons (Fsp3) is 0.833. The van der Waals surface area contributed by atoms with Crippen molar-refractivity contribution in [2.45, 2.75) is 33.1 Å². The molecule has 0 aromatic carbocycles. The van der Waals surface area contributed by atoms with Gasteiger partial charge in [0.2, 0.25) is 0 Å². The van der Waals surface area contributed by atoms with Crippen molar-refractivity contribution in [3.63, 3.8) is 0 Å². The van der Waals surface area contributed by atoms with Gasteiger partial charge in [0.05, 0.1) is 0 Å². The number of thioether (sulfide) groups is 2. The van der Waals surface area contributed by atoms with Crippen LogP contribution < -0.4 is 0 Å². The van der Waals surface area contributed by atoms with E-state index < -0.39 is 0 Å². The SMILES string of the molecule is CCC1CSCSCC(C(C)=O)CCC1=O. The van der Waals surface area contributed by atoms with Gasteiger partial charge in [-0.2, -0.15) is 23.5 Å². The molecular weight excluding hydrogens is 240 g/mol. The summed E-state index contributed by atoms with van der Waals surface area (Å²) in [6, 6.07) is 0. The van der Waals surface area contributed by atoms with E-state index in [0.29, 0.717) is 12.2 Å². The zero-order valence-corrected chi connectivity index (χ0v) is 11.7. The first-order chi connectivity index (χ1) is 7.65. The minimum atomic E-state index is 0.0881. The highest BCUT2D eigenvalue weighted by Gasteiger charge is 2.22. The summed E-state index contributed by atoms with van der Waals surface area (Å²) in [6.45, 7) is 3.72. The molecule has 0 aromatic heterocycles. The van der Waals surface area contributed by atoms with E-state index >= 15 is 0 Å². The molecule has 0 spiro atoms. The maximum Gasteiger partial charge on any atom is 0.136 e. The predicted octanol–water partition coefficient (Wildman–Crippen LogP) is 3.00. The van der Waals surface area contributed by atoms with E-state index in [1.54, 1.807) is 6.92 Å². The van der Waals surface area contributed by atoms with Crippen molar-refractivity contribution in [3.8, 4) is 0 Å². The Bertz CT molecular complexity index is 253. The molecule has 4 heteroatoms. The van der Waals surface area contributed by atoms with Crippen LogP contribution in [0, 0.1) is 11.8 Å². The van der Waals surface area contributed by atoms with E-state index in [1.807, 2.05) is 23.5 Å². The number of Topliss-reactive ketones (excluding diaryl/α,β-unsaturated/α-hetero) is 2. The van der Waals surface area contributed by atoms with Gasteiger partial charge in [0, 0.05) is 34.8 Å². The van der Waals surface area contributed by atoms with Crippen LogP contribution in [0.5, 0.6) is 0 Å². The molecule has 2 nitrogen and oxygen atoms in total. The summed E-state index contributed by atoms with van der Waals surface area (Å²) >= 11 is 3.67. The van der Waals surface area contributed by atoms with E-state index in [9.17, 15) is 9.59 Å². The maximum atomic E-state index is 11.9. The number of hydrogen-bond acceptors (Lipinski definition) is 4. The Morgan fingerprint density at radius 1 is 1.38 bits per heavy atom. The van der Waals surface area contributed by atoms with Crippen LogP contribution in [0.1, 0.15) is 33.1 Å². The first-order valence-electron chi connectivity index (χ1n) is 5.83. The molecule has 1 aliphatic heterocycles. The third-order valence-electron chi connectivity index (χ3n) is 3.07. The second-order valence-electron chi connectivity index (χ2n) is 4.28. The van der Waals surface area contributed by atoms with Crippen LogP contribution in [0.3, 0.4) is 0 Å². The Hall–Kier alpha value is 0.0400. The molecule has 0 saturated carbocycles. The van der Waals surface area contributed by atoms with Crippen molar-refractivity contribution in [3.05, 3.63) is 0 Å². The standard InChI is InChI=1S/C12H20O2S2/c1-3-10-6-15-8-16-7-11(9(2)13)4-5-12(10)14/h10-11H,3-8H2,1-2H3. The minimum absolute atomic E-state index is 0.0881. The number of hydrogen-bond donors (Lipinski definition) is 0. The fourth-order valence-corrected chi connectivity index (χ4v) is 4.44. The van der Waals surface area contributed by atoms with Crippen molar-refractivity contribution >= 4 is 35.1 Å². The molecule has 1 rings (SSSR count). The van der Waals surface area contributed by atoms with E-state index in [-0.39, 0.29) is 17.6 Å². The highest BCUT2D eigenvalue weighted by molar-refractivity contribution is 8.16. The first kappa shape index (κ1) is 14.1. The van der Waals surface area contributed by atoms with Crippen LogP contribution in [0.15, 0.2) is 0 Å².